The molecule has 0 saturated heterocycles. The van der Waals surface area contributed by atoms with Gasteiger partial charge in [0.1, 0.15) is 5.75 Å². The van der Waals surface area contributed by atoms with Gasteiger partial charge in [-0.3, -0.25) is 0 Å². The molecular formula is C12H20N2O. The van der Waals surface area contributed by atoms with Crippen molar-refractivity contribution in [3.05, 3.63) is 23.8 Å². The average molecular weight is 208 g/mol. The maximum absolute atomic E-state index is 5.74. The molecule has 0 aliphatic rings. The molecule has 1 rings (SSSR count). The molecule has 0 bridgehead atoms. The van der Waals surface area contributed by atoms with E-state index in [1.807, 2.05) is 12.1 Å². The number of para-hydroxylation sites is 1. The molecule has 0 aromatic heterocycles. The van der Waals surface area contributed by atoms with Gasteiger partial charge >= 0.3 is 0 Å². The molecule has 0 amide bonds. The van der Waals surface area contributed by atoms with Gasteiger partial charge in [0.2, 0.25) is 0 Å². The zero-order chi connectivity index (χ0) is 11.3. The lowest BCUT2D eigenvalue weighted by molar-refractivity contribution is 0.414. The Morgan fingerprint density at radius 1 is 1.27 bits per heavy atom. The minimum atomic E-state index is 0.545. The standard InChI is InChI=1S/C12H20N2O/c1-4-14(5-2)12-10(9-13)7-6-8-11(12)15-3/h6-8H,4-5,9,13H2,1-3H3. The van der Waals surface area contributed by atoms with Crippen LogP contribution in [0.15, 0.2) is 18.2 Å². The predicted molar refractivity (Wildman–Crippen MR) is 64.4 cm³/mol. The van der Waals surface area contributed by atoms with E-state index < -0.39 is 0 Å². The van der Waals surface area contributed by atoms with Gasteiger partial charge in [-0.15, -0.1) is 0 Å². The van der Waals surface area contributed by atoms with Crippen LogP contribution in [-0.2, 0) is 6.54 Å². The van der Waals surface area contributed by atoms with Gasteiger partial charge < -0.3 is 15.4 Å². The average Bonchev–Trinajstić information content (AvgIpc) is 2.30. The summed E-state index contributed by atoms with van der Waals surface area (Å²) in [5.74, 6) is 0.904. The number of nitrogens with two attached hydrogens (primary N) is 1. The summed E-state index contributed by atoms with van der Waals surface area (Å²) < 4.78 is 5.38. The fourth-order valence-electron chi connectivity index (χ4n) is 1.80. The van der Waals surface area contributed by atoms with Gasteiger partial charge in [-0.05, 0) is 25.5 Å². The number of hydrogen-bond donors (Lipinski definition) is 1. The van der Waals surface area contributed by atoms with E-state index in [4.69, 9.17) is 10.5 Å². The van der Waals surface area contributed by atoms with Gasteiger partial charge in [0.05, 0.1) is 12.8 Å². The number of methoxy groups -OCH3 is 1. The summed E-state index contributed by atoms with van der Waals surface area (Å²) in [5.41, 5.74) is 8.01. The third-order valence-corrected chi connectivity index (χ3v) is 2.60. The van der Waals surface area contributed by atoms with Gasteiger partial charge in [-0.1, -0.05) is 12.1 Å². The molecule has 0 radical (unpaired) electrons. The third kappa shape index (κ3) is 2.42. The Balaban J connectivity index is 3.20. The fraction of sp³-hybridized carbons (Fsp3) is 0.500. The van der Waals surface area contributed by atoms with Crippen molar-refractivity contribution >= 4 is 5.69 Å². The Morgan fingerprint density at radius 2 is 1.93 bits per heavy atom. The summed E-state index contributed by atoms with van der Waals surface area (Å²) in [5, 5.41) is 0. The zero-order valence-electron chi connectivity index (χ0n) is 9.79. The summed E-state index contributed by atoms with van der Waals surface area (Å²) >= 11 is 0. The lowest BCUT2D eigenvalue weighted by atomic mass is 10.1. The Labute approximate surface area is 91.8 Å². The first-order valence-corrected chi connectivity index (χ1v) is 5.39. The van der Waals surface area contributed by atoms with E-state index in [0.29, 0.717) is 6.54 Å². The Morgan fingerprint density at radius 3 is 2.40 bits per heavy atom. The monoisotopic (exact) mass is 208 g/mol. The molecule has 15 heavy (non-hydrogen) atoms. The summed E-state index contributed by atoms with van der Waals surface area (Å²) in [6, 6.07) is 6.01. The second-order valence-electron chi connectivity index (χ2n) is 3.34. The van der Waals surface area contributed by atoms with Crippen LogP contribution in [0.3, 0.4) is 0 Å². The number of anilines is 1. The van der Waals surface area contributed by atoms with E-state index in [1.165, 1.54) is 0 Å². The van der Waals surface area contributed by atoms with E-state index in [-0.39, 0.29) is 0 Å². The van der Waals surface area contributed by atoms with Crippen molar-refractivity contribution < 1.29 is 4.74 Å². The van der Waals surface area contributed by atoms with Gasteiger partial charge in [0.25, 0.3) is 0 Å². The minimum Gasteiger partial charge on any atom is -0.495 e. The molecule has 2 N–H and O–H groups in total. The summed E-state index contributed by atoms with van der Waals surface area (Å²) in [4.78, 5) is 2.26. The van der Waals surface area contributed by atoms with Crippen molar-refractivity contribution in [3.8, 4) is 5.75 Å². The molecule has 0 aliphatic heterocycles. The Kier molecular flexibility index (Phi) is 4.43. The topological polar surface area (TPSA) is 38.5 Å². The van der Waals surface area contributed by atoms with E-state index in [9.17, 15) is 0 Å². The van der Waals surface area contributed by atoms with Crippen LogP contribution in [-0.4, -0.2) is 20.2 Å². The van der Waals surface area contributed by atoms with Crippen LogP contribution < -0.4 is 15.4 Å². The molecule has 3 nitrogen and oxygen atoms in total. The van der Waals surface area contributed by atoms with Gasteiger partial charge in [-0.2, -0.15) is 0 Å². The summed E-state index contributed by atoms with van der Waals surface area (Å²) in [6.45, 7) is 6.74. The quantitative estimate of drug-likeness (QED) is 0.804. The predicted octanol–water partition coefficient (Wildman–Crippen LogP) is 2.00. The highest BCUT2D eigenvalue weighted by Crippen LogP contribution is 2.31. The molecule has 3 heteroatoms. The first-order valence-electron chi connectivity index (χ1n) is 5.39. The second kappa shape index (κ2) is 5.61. The number of ether oxygens (including phenoxy) is 1. The smallest absolute Gasteiger partial charge is 0.142 e. The molecule has 0 fully saturated rings. The van der Waals surface area contributed by atoms with Crippen molar-refractivity contribution in [2.75, 3.05) is 25.1 Å². The molecule has 0 saturated carbocycles. The van der Waals surface area contributed by atoms with Crippen molar-refractivity contribution in [1.29, 1.82) is 0 Å². The number of benzene rings is 1. The van der Waals surface area contributed by atoms with Crippen LogP contribution in [0.1, 0.15) is 19.4 Å². The van der Waals surface area contributed by atoms with Crippen LogP contribution in [0.2, 0.25) is 0 Å². The lowest BCUT2D eigenvalue weighted by Gasteiger charge is -2.25. The Bertz CT molecular complexity index is 286. The molecule has 0 spiro atoms. The highest BCUT2D eigenvalue weighted by atomic mass is 16.5. The summed E-state index contributed by atoms with van der Waals surface area (Å²) in [7, 11) is 1.70. The highest BCUT2D eigenvalue weighted by Gasteiger charge is 2.12. The number of hydrogen-bond acceptors (Lipinski definition) is 3. The van der Waals surface area contributed by atoms with E-state index in [1.54, 1.807) is 7.11 Å². The maximum Gasteiger partial charge on any atom is 0.142 e. The van der Waals surface area contributed by atoms with E-state index in [2.05, 4.69) is 24.8 Å². The molecule has 0 atom stereocenters. The van der Waals surface area contributed by atoms with Crippen LogP contribution in [0, 0.1) is 0 Å². The van der Waals surface area contributed by atoms with E-state index in [0.717, 1.165) is 30.1 Å². The third-order valence-electron chi connectivity index (χ3n) is 2.60. The first kappa shape index (κ1) is 11.9. The van der Waals surface area contributed by atoms with Gasteiger partial charge in [0, 0.05) is 19.6 Å². The van der Waals surface area contributed by atoms with Crippen LogP contribution >= 0.6 is 0 Å². The highest BCUT2D eigenvalue weighted by molar-refractivity contribution is 5.63. The normalized spacial score (nSPS) is 10.1. The molecule has 0 aliphatic carbocycles. The van der Waals surface area contributed by atoms with Crippen molar-refractivity contribution in [1.82, 2.24) is 0 Å². The second-order valence-corrected chi connectivity index (χ2v) is 3.34. The molecule has 0 unspecified atom stereocenters. The van der Waals surface area contributed by atoms with E-state index >= 15 is 0 Å². The molecule has 1 aromatic rings. The summed E-state index contributed by atoms with van der Waals surface area (Å²) in [6.07, 6.45) is 0. The fourth-order valence-corrected chi connectivity index (χ4v) is 1.80. The molecular weight excluding hydrogens is 188 g/mol. The molecule has 0 heterocycles. The number of rotatable bonds is 5. The minimum absolute atomic E-state index is 0.545. The van der Waals surface area contributed by atoms with Crippen molar-refractivity contribution in [2.45, 2.75) is 20.4 Å². The molecule has 84 valence electrons. The van der Waals surface area contributed by atoms with Crippen molar-refractivity contribution in [2.24, 2.45) is 5.73 Å². The van der Waals surface area contributed by atoms with Crippen molar-refractivity contribution in [3.63, 3.8) is 0 Å². The van der Waals surface area contributed by atoms with Gasteiger partial charge in [-0.25, -0.2) is 0 Å². The van der Waals surface area contributed by atoms with Gasteiger partial charge in [0.15, 0.2) is 0 Å². The van der Waals surface area contributed by atoms with Crippen LogP contribution in [0.25, 0.3) is 0 Å². The number of nitrogens with zero attached hydrogens (tertiary/aromatic N) is 1. The largest absolute Gasteiger partial charge is 0.495 e. The lowest BCUT2D eigenvalue weighted by Crippen LogP contribution is -2.24. The van der Waals surface area contributed by atoms with Crippen LogP contribution in [0.5, 0.6) is 5.75 Å². The molecule has 1 aromatic carbocycles. The SMILES string of the molecule is CCN(CC)c1c(CN)cccc1OC. The van der Waals surface area contributed by atoms with Crippen LogP contribution in [0.4, 0.5) is 5.69 Å². The maximum atomic E-state index is 5.74. The first-order chi connectivity index (χ1) is 7.28. The Hall–Kier alpha value is -1.22. The zero-order valence-corrected chi connectivity index (χ0v) is 9.79.